The molecule has 0 aliphatic rings. The van der Waals surface area contributed by atoms with Crippen LogP contribution in [-0.2, 0) is 10.0 Å². The molecule has 19 heavy (non-hydrogen) atoms. The van der Waals surface area contributed by atoms with Gasteiger partial charge in [-0.15, -0.1) is 0 Å². The van der Waals surface area contributed by atoms with Crippen LogP contribution in [0.3, 0.4) is 0 Å². The molecule has 0 saturated carbocycles. The molecule has 0 atom stereocenters. The van der Waals surface area contributed by atoms with Crippen LogP contribution in [0.5, 0.6) is 0 Å². The summed E-state index contributed by atoms with van der Waals surface area (Å²) < 4.78 is 26.4. The summed E-state index contributed by atoms with van der Waals surface area (Å²) in [6, 6.07) is 2.61. The summed E-state index contributed by atoms with van der Waals surface area (Å²) in [6.45, 7) is 0. The summed E-state index contributed by atoms with van der Waals surface area (Å²) in [6.07, 6.45) is 2.31. The lowest BCUT2D eigenvalue weighted by molar-refractivity contribution is 0.601. The zero-order chi connectivity index (χ0) is 14.0. The monoisotopic (exact) mass is 281 g/mol. The standard InChI is InChI=1S/C9H11N7O2S/c10-5-1-6(11)8(7(12)2-5)19(17,18)16-9-14-3-13-4-15-9/h1-4H,10-12H2,(H,13,14,15,16). The third kappa shape index (κ3) is 2.63. The maximum absolute atomic E-state index is 12.1. The zero-order valence-corrected chi connectivity index (χ0v) is 10.4. The van der Waals surface area contributed by atoms with Crippen LogP contribution in [0.1, 0.15) is 0 Å². The Kier molecular flexibility index (Phi) is 3.09. The Morgan fingerprint density at radius 1 is 1.00 bits per heavy atom. The average Bonchev–Trinajstić information content (AvgIpc) is 2.27. The number of nitrogens with two attached hydrogens (primary N) is 3. The van der Waals surface area contributed by atoms with Gasteiger partial charge in [0.15, 0.2) is 0 Å². The number of benzene rings is 1. The van der Waals surface area contributed by atoms with Gasteiger partial charge >= 0.3 is 0 Å². The molecule has 100 valence electrons. The maximum atomic E-state index is 12.1. The summed E-state index contributed by atoms with van der Waals surface area (Å²) in [7, 11) is -4.00. The van der Waals surface area contributed by atoms with E-state index in [0.717, 1.165) is 12.7 Å². The van der Waals surface area contributed by atoms with E-state index in [4.69, 9.17) is 17.2 Å². The van der Waals surface area contributed by atoms with Gasteiger partial charge < -0.3 is 17.2 Å². The predicted molar refractivity (Wildman–Crippen MR) is 70.3 cm³/mol. The fraction of sp³-hybridized carbons (Fsp3) is 0. The van der Waals surface area contributed by atoms with E-state index in [0.29, 0.717) is 0 Å². The van der Waals surface area contributed by atoms with E-state index in [1.807, 2.05) is 0 Å². The topological polar surface area (TPSA) is 163 Å². The predicted octanol–water partition coefficient (Wildman–Crippen LogP) is -0.581. The van der Waals surface area contributed by atoms with Crippen LogP contribution in [0.2, 0.25) is 0 Å². The highest BCUT2D eigenvalue weighted by Gasteiger charge is 2.22. The molecule has 0 aliphatic carbocycles. The van der Waals surface area contributed by atoms with E-state index in [1.165, 1.54) is 12.1 Å². The number of anilines is 4. The summed E-state index contributed by atoms with van der Waals surface area (Å²) in [5.41, 5.74) is 16.9. The van der Waals surface area contributed by atoms with Gasteiger partial charge in [0.25, 0.3) is 10.0 Å². The van der Waals surface area contributed by atoms with Gasteiger partial charge in [-0.3, -0.25) is 0 Å². The summed E-state index contributed by atoms with van der Waals surface area (Å²) in [5.74, 6) is -0.134. The van der Waals surface area contributed by atoms with Crippen LogP contribution < -0.4 is 21.9 Å². The minimum Gasteiger partial charge on any atom is -0.399 e. The van der Waals surface area contributed by atoms with E-state index in [2.05, 4.69) is 19.7 Å². The van der Waals surface area contributed by atoms with E-state index >= 15 is 0 Å². The molecule has 0 amide bonds. The van der Waals surface area contributed by atoms with Crippen molar-refractivity contribution in [3.63, 3.8) is 0 Å². The minimum atomic E-state index is -4.00. The first-order valence-electron chi connectivity index (χ1n) is 4.99. The van der Waals surface area contributed by atoms with Crippen LogP contribution in [0.15, 0.2) is 29.7 Å². The first-order valence-corrected chi connectivity index (χ1v) is 6.48. The minimum absolute atomic E-state index is 0.0564. The molecule has 10 heteroatoms. The third-order valence-electron chi connectivity index (χ3n) is 2.16. The molecule has 0 aliphatic heterocycles. The van der Waals surface area contributed by atoms with Crippen molar-refractivity contribution in [1.29, 1.82) is 0 Å². The van der Waals surface area contributed by atoms with Gasteiger partial charge in [0, 0.05) is 5.69 Å². The van der Waals surface area contributed by atoms with Crippen molar-refractivity contribution in [2.24, 2.45) is 0 Å². The molecular weight excluding hydrogens is 270 g/mol. The highest BCUT2D eigenvalue weighted by molar-refractivity contribution is 7.93. The molecule has 0 fully saturated rings. The van der Waals surface area contributed by atoms with Crippen molar-refractivity contribution >= 4 is 33.0 Å². The van der Waals surface area contributed by atoms with Gasteiger partial charge in [0.2, 0.25) is 5.95 Å². The lowest BCUT2D eigenvalue weighted by Crippen LogP contribution is -2.18. The Balaban J connectivity index is 2.46. The van der Waals surface area contributed by atoms with E-state index < -0.39 is 10.0 Å². The Labute approximate surface area is 108 Å². The lowest BCUT2D eigenvalue weighted by atomic mass is 10.2. The Bertz CT molecular complexity index is 679. The normalized spacial score (nSPS) is 11.2. The van der Waals surface area contributed by atoms with E-state index in [1.54, 1.807) is 0 Å². The number of hydrogen-bond acceptors (Lipinski definition) is 8. The van der Waals surface area contributed by atoms with Gasteiger partial charge in [-0.05, 0) is 12.1 Å². The van der Waals surface area contributed by atoms with Crippen molar-refractivity contribution in [1.82, 2.24) is 15.0 Å². The number of rotatable bonds is 3. The van der Waals surface area contributed by atoms with Gasteiger partial charge in [-0.2, -0.15) is 0 Å². The fourth-order valence-electron chi connectivity index (χ4n) is 1.47. The second-order valence-electron chi connectivity index (χ2n) is 3.60. The van der Waals surface area contributed by atoms with Gasteiger partial charge in [0.05, 0.1) is 11.4 Å². The molecule has 1 aromatic heterocycles. The highest BCUT2D eigenvalue weighted by atomic mass is 32.2. The highest BCUT2D eigenvalue weighted by Crippen LogP contribution is 2.29. The molecule has 0 unspecified atom stereocenters. The number of sulfonamides is 1. The van der Waals surface area contributed by atoms with Crippen molar-refractivity contribution < 1.29 is 8.42 Å². The van der Waals surface area contributed by atoms with Crippen molar-refractivity contribution in [3.05, 3.63) is 24.8 Å². The van der Waals surface area contributed by atoms with Crippen LogP contribution in [0, 0.1) is 0 Å². The summed E-state index contributed by atoms with van der Waals surface area (Å²) >= 11 is 0. The van der Waals surface area contributed by atoms with Gasteiger partial charge in [-0.1, -0.05) is 0 Å². The molecule has 0 saturated heterocycles. The molecular formula is C9H11N7O2S. The molecule has 1 aromatic carbocycles. The lowest BCUT2D eigenvalue weighted by Gasteiger charge is -2.11. The van der Waals surface area contributed by atoms with Crippen LogP contribution >= 0.6 is 0 Å². The second kappa shape index (κ2) is 4.57. The average molecular weight is 281 g/mol. The SMILES string of the molecule is Nc1cc(N)c(S(=O)(=O)Nc2ncncn2)c(N)c1. The summed E-state index contributed by atoms with van der Waals surface area (Å²) in [4.78, 5) is 10.6. The second-order valence-corrected chi connectivity index (χ2v) is 5.22. The Morgan fingerprint density at radius 3 is 2.05 bits per heavy atom. The molecule has 1 heterocycles. The fourth-order valence-corrected chi connectivity index (χ4v) is 2.66. The van der Waals surface area contributed by atoms with Crippen molar-refractivity contribution in [2.75, 3.05) is 21.9 Å². The van der Waals surface area contributed by atoms with Gasteiger partial charge in [0.1, 0.15) is 17.6 Å². The largest absolute Gasteiger partial charge is 0.399 e. The number of nitrogens with zero attached hydrogens (tertiary/aromatic N) is 3. The molecule has 2 aromatic rings. The molecule has 2 rings (SSSR count). The van der Waals surface area contributed by atoms with E-state index in [-0.39, 0.29) is 27.9 Å². The number of hydrogen-bond donors (Lipinski definition) is 4. The Hall–Kier alpha value is -2.62. The first-order chi connectivity index (χ1) is 8.90. The van der Waals surface area contributed by atoms with Crippen LogP contribution in [0.25, 0.3) is 0 Å². The van der Waals surface area contributed by atoms with Crippen molar-refractivity contribution in [3.8, 4) is 0 Å². The molecule has 9 nitrogen and oxygen atoms in total. The molecule has 0 radical (unpaired) electrons. The quantitative estimate of drug-likeness (QED) is 0.543. The first kappa shape index (κ1) is 12.8. The maximum Gasteiger partial charge on any atom is 0.268 e. The number of aromatic nitrogens is 3. The van der Waals surface area contributed by atoms with Crippen LogP contribution in [-0.4, -0.2) is 23.4 Å². The molecule has 7 N–H and O–H groups in total. The van der Waals surface area contributed by atoms with Crippen molar-refractivity contribution in [2.45, 2.75) is 4.90 Å². The summed E-state index contributed by atoms with van der Waals surface area (Å²) in [5, 5.41) is 0. The molecule has 0 spiro atoms. The molecule has 0 bridgehead atoms. The third-order valence-corrected chi connectivity index (χ3v) is 3.62. The van der Waals surface area contributed by atoms with Crippen LogP contribution in [0.4, 0.5) is 23.0 Å². The van der Waals surface area contributed by atoms with E-state index in [9.17, 15) is 8.42 Å². The Morgan fingerprint density at radius 2 is 1.53 bits per heavy atom. The zero-order valence-electron chi connectivity index (χ0n) is 9.61. The number of nitrogen functional groups attached to an aromatic ring is 3. The smallest absolute Gasteiger partial charge is 0.268 e. The number of nitrogens with one attached hydrogen (secondary N) is 1. The van der Waals surface area contributed by atoms with Gasteiger partial charge in [-0.25, -0.2) is 28.1 Å².